The van der Waals surface area contributed by atoms with Crippen molar-refractivity contribution < 1.29 is 14.6 Å². The Balaban J connectivity index is 2.22. The molecule has 4 heteroatoms. The average Bonchev–Trinajstić information content (AvgIpc) is 2.86. The van der Waals surface area contributed by atoms with Crippen molar-refractivity contribution in [2.75, 3.05) is 6.61 Å². The first kappa shape index (κ1) is 10.8. The molecular weight excluding hydrogens is 230 g/mol. The number of benzene rings is 1. The van der Waals surface area contributed by atoms with Crippen LogP contribution in [0.15, 0.2) is 36.5 Å². The molecule has 1 aromatic heterocycles. The van der Waals surface area contributed by atoms with E-state index in [-0.39, 0.29) is 5.69 Å². The Bertz CT molecular complexity index is 622. The van der Waals surface area contributed by atoms with E-state index in [1.807, 2.05) is 18.2 Å². The van der Waals surface area contributed by atoms with Crippen LogP contribution in [-0.4, -0.2) is 22.7 Å². The summed E-state index contributed by atoms with van der Waals surface area (Å²) in [5.41, 5.74) is 2.58. The summed E-state index contributed by atoms with van der Waals surface area (Å²) in [7, 11) is 0. The summed E-state index contributed by atoms with van der Waals surface area (Å²) in [5, 5.41) is 9.17. The lowest BCUT2D eigenvalue weighted by atomic mass is 10.00. The van der Waals surface area contributed by atoms with Crippen molar-refractivity contribution in [3.63, 3.8) is 0 Å². The predicted molar refractivity (Wildman–Crippen MR) is 65.8 cm³/mol. The molecular formula is C14H11NO3. The molecule has 1 aliphatic rings. The Hall–Kier alpha value is -2.36. The van der Waals surface area contributed by atoms with Gasteiger partial charge in [-0.15, -0.1) is 0 Å². The maximum Gasteiger partial charge on any atom is 0.355 e. The van der Waals surface area contributed by atoms with E-state index in [1.165, 1.54) is 6.20 Å². The molecule has 0 bridgehead atoms. The predicted octanol–water partition coefficient (Wildman–Crippen LogP) is 2.38. The van der Waals surface area contributed by atoms with E-state index < -0.39 is 5.97 Å². The minimum absolute atomic E-state index is 0.0569. The van der Waals surface area contributed by atoms with Crippen LogP contribution in [-0.2, 0) is 6.42 Å². The highest BCUT2D eigenvalue weighted by atomic mass is 16.5. The van der Waals surface area contributed by atoms with Crippen LogP contribution in [0, 0.1) is 0 Å². The first-order valence-electron chi connectivity index (χ1n) is 5.71. The van der Waals surface area contributed by atoms with Crippen LogP contribution in [0.4, 0.5) is 0 Å². The van der Waals surface area contributed by atoms with Gasteiger partial charge in [-0.1, -0.05) is 24.3 Å². The lowest BCUT2D eigenvalue weighted by Crippen LogP contribution is -2.03. The molecule has 0 atom stereocenters. The quantitative estimate of drug-likeness (QED) is 0.876. The van der Waals surface area contributed by atoms with Gasteiger partial charge in [0.05, 0.1) is 6.61 Å². The summed E-state index contributed by atoms with van der Waals surface area (Å²) >= 11 is 0. The smallest absolute Gasteiger partial charge is 0.355 e. The maximum absolute atomic E-state index is 11.2. The zero-order chi connectivity index (χ0) is 12.5. The Labute approximate surface area is 104 Å². The second kappa shape index (κ2) is 4.14. The largest absolute Gasteiger partial charge is 0.492 e. The van der Waals surface area contributed by atoms with Crippen LogP contribution in [0.2, 0.25) is 0 Å². The van der Waals surface area contributed by atoms with Crippen LogP contribution < -0.4 is 4.74 Å². The minimum atomic E-state index is -1.03. The van der Waals surface area contributed by atoms with Gasteiger partial charge in [-0.05, 0) is 11.6 Å². The van der Waals surface area contributed by atoms with Crippen LogP contribution in [0.5, 0.6) is 5.75 Å². The van der Waals surface area contributed by atoms with Crippen molar-refractivity contribution in [3.8, 4) is 16.9 Å². The second-order valence-electron chi connectivity index (χ2n) is 4.10. The Morgan fingerprint density at radius 3 is 2.89 bits per heavy atom. The van der Waals surface area contributed by atoms with E-state index in [9.17, 15) is 9.90 Å². The molecule has 3 rings (SSSR count). The molecule has 90 valence electrons. The summed E-state index contributed by atoms with van der Waals surface area (Å²) in [6, 6.07) is 9.28. The van der Waals surface area contributed by atoms with Gasteiger partial charge in [-0.25, -0.2) is 9.78 Å². The molecule has 1 N–H and O–H groups in total. The van der Waals surface area contributed by atoms with Gasteiger partial charge >= 0.3 is 5.97 Å². The van der Waals surface area contributed by atoms with Gasteiger partial charge < -0.3 is 9.84 Å². The molecule has 0 radical (unpaired) electrons. The van der Waals surface area contributed by atoms with Crippen LogP contribution in [0.25, 0.3) is 11.1 Å². The molecule has 2 aromatic rings. The number of rotatable bonds is 2. The van der Waals surface area contributed by atoms with Gasteiger partial charge in [0.1, 0.15) is 5.75 Å². The SMILES string of the molecule is O=C(O)c1ncccc1-c1cccc2c1OCC2. The van der Waals surface area contributed by atoms with Gasteiger partial charge in [0.15, 0.2) is 5.69 Å². The van der Waals surface area contributed by atoms with Gasteiger partial charge in [-0.3, -0.25) is 0 Å². The molecule has 0 spiro atoms. The molecule has 18 heavy (non-hydrogen) atoms. The van der Waals surface area contributed by atoms with Crippen molar-refractivity contribution in [2.24, 2.45) is 0 Å². The summed E-state index contributed by atoms with van der Waals surface area (Å²) in [5.74, 6) is -0.241. The number of para-hydroxylation sites is 1. The normalized spacial score (nSPS) is 12.9. The molecule has 1 aromatic carbocycles. The van der Waals surface area contributed by atoms with Gasteiger partial charge in [-0.2, -0.15) is 0 Å². The zero-order valence-electron chi connectivity index (χ0n) is 9.59. The monoisotopic (exact) mass is 241 g/mol. The fraction of sp³-hybridized carbons (Fsp3) is 0.143. The zero-order valence-corrected chi connectivity index (χ0v) is 9.59. The minimum Gasteiger partial charge on any atom is -0.492 e. The Morgan fingerprint density at radius 1 is 1.22 bits per heavy atom. The maximum atomic E-state index is 11.2. The first-order valence-corrected chi connectivity index (χ1v) is 5.71. The lowest BCUT2D eigenvalue weighted by Gasteiger charge is -2.09. The molecule has 0 saturated carbocycles. The third-order valence-corrected chi connectivity index (χ3v) is 3.01. The van der Waals surface area contributed by atoms with E-state index in [0.29, 0.717) is 12.2 Å². The Kier molecular flexibility index (Phi) is 2.48. The van der Waals surface area contributed by atoms with Gasteiger partial charge in [0.2, 0.25) is 0 Å². The third-order valence-electron chi connectivity index (χ3n) is 3.01. The molecule has 1 aliphatic heterocycles. The average molecular weight is 241 g/mol. The number of pyridine rings is 1. The highest BCUT2D eigenvalue weighted by Gasteiger charge is 2.20. The van der Waals surface area contributed by atoms with Crippen molar-refractivity contribution in [2.45, 2.75) is 6.42 Å². The van der Waals surface area contributed by atoms with Crippen LogP contribution in [0.1, 0.15) is 16.1 Å². The summed E-state index contributed by atoms with van der Waals surface area (Å²) in [6.45, 7) is 0.648. The standard InChI is InChI=1S/C14H11NO3/c16-14(17)12-10(5-2-7-15-12)11-4-1-3-9-6-8-18-13(9)11/h1-5,7H,6,8H2,(H,16,17). The molecule has 0 aliphatic carbocycles. The number of aromatic nitrogens is 1. The van der Waals surface area contributed by atoms with E-state index in [2.05, 4.69) is 4.98 Å². The highest BCUT2D eigenvalue weighted by Crippen LogP contribution is 2.37. The number of nitrogens with zero attached hydrogens (tertiary/aromatic N) is 1. The van der Waals surface area contributed by atoms with Crippen molar-refractivity contribution in [1.82, 2.24) is 4.98 Å². The summed E-state index contributed by atoms with van der Waals surface area (Å²) in [4.78, 5) is 15.1. The summed E-state index contributed by atoms with van der Waals surface area (Å²) < 4.78 is 5.60. The number of carbonyl (C=O) groups is 1. The lowest BCUT2D eigenvalue weighted by molar-refractivity contribution is 0.0691. The highest BCUT2D eigenvalue weighted by molar-refractivity contribution is 5.95. The first-order chi connectivity index (χ1) is 8.77. The fourth-order valence-corrected chi connectivity index (χ4v) is 2.22. The Morgan fingerprint density at radius 2 is 2.06 bits per heavy atom. The molecule has 2 heterocycles. The van der Waals surface area contributed by atoms with E-state index in [1.54, 1.807) is 12.1 Å². The van der Waals surface area contributed by atoms with Crippen molar-refractivity contribution >= 4 is 5.97 Å². The molecule has 0 fully saturated rings. The molecule has 0 unspecified atom stereocenters. The van der Waals surface area contributed by atoms with Crippen LogP contribution in [0.3, 0.4) is 0 Å². The van der Waals surface area contributed by atoms with E-state index in [0.717, 1.165) is 23.3 Å². The van der Waals surface area contributed by atoms with Gasteiger partial charge in [0, 0.05) is 23.7 Å². The number of fused-ring (bicyclic) bond motifs is 1. The topological polar surface area (TPSA) is 59.4 Å². The molecule has 0 saturated heterocycles. The van der Waals surface area contributed by atoms with Crippen LogP contribution >= 0.6 is 0 Å². The fourth-order valence-electron chi connectivity index (χ4n) is 2.22. The van der Waals surface area contributed by atoms with E-state index in [4.69, 9.17) is 4.74 Å². The second-order valence-corrected chi connectivity index (χ2v) is 4.10. The van der Waals surface area contributed by atoms with Crippen molar-refractivity contribution in [3.05, 3.63) is 47.8 Å². The number of hydrogen-bond donors (Lipinski definition) is 1. The van der Waals surface area contributed by atoms with Crippen molar-refractivity contribution in [1.29, 1.82) is 0 Å². The van der Waals surface area contributed by atoms with E-state index >= 15 is 0 Å². The number of ether oxygens (including phenoxy) is 1. The number of carboxylic acid groups (broad SMARTS) is 1. The number of aromatic carboxylic acids is 1. The molecule has 0 amide bonds. The third kappa shape index (κ3) is 1.62. The van der Waals surface area contributed by atoms with Gasteiger partial charge in [0.25, 0.3) is 0 Å². The summed E-state index contributed by atoms with van der Waals surface area (Å²) in [6.07, 6.45) is 2.35. The molecule has 4 nitrogen and oxygen atoms in total. The number of carboxylic acids is 1. The number of hydrogen-bond acceptors (Lipinski definition) is 3.